The van der Waals surface area contributed by atoms with Crippen molar-refractivity contribution in [3.63, 3.8) is 0 Å². The summed E-state index contributed by atoms with van der Waals surface area (Å²) in [5.74, 6) is 0.130. The summed E-state index contributed by atoms with van der Waals surface area (Å²) in [6, 6.07) is 10.5. The van der Waals surface area contributed by atoms with Gasteiger partial charge in [-0.25, -0.2) is 0 Å². The molecule has 0 unspecified atom stereocenters. The van der Waals surface area contributed by atoms with Gasteiger partial charge in [0.05, 0.1) is 6.61 Å². The van der Waals surface area contributed by atoms with Crippen LogP contribution in [0.3, 0.4) is 0 Å². The SMILES string of the molecule is Cc1ccc(CO)cc1NC(=O)c1cc(-c2ccncc2)on1. The maximum absolute atomic E-state index is 12.3. The first-order chi connectivity index (χ1) is 11.2. The Hall–Kier alpha value is -2.99. The average Bonchev–Trinajstić information content (AvgIpc) is 3.08. The Bertz CT molecular complexity index is 828. The van der Waals surface area contributed by atoms with Crippen LogP contribution in [0, 0.1) is 6.92 Å². The van der Waals surface area contributed by atoms with Gasteiger partial charge in [-0.1, -0.05) is 17.3 Å². The molecule has 0 bridgehead atoms. The summed E-state index contributed by atoms with van der Waals surface area (Å²) in [6.45, 7) is 1.79. The molecule has 3 rings (SSSR count). The summed E-state index contributed by atoms with van der Waals surface area (Å²) in [6.07, 6.45) is 3.28. The van der Waals surface area contributed by atoms with Crippen LogP contribution in [-0.2, 0) is 6.61 Å². The molecule has 116 valence electrons. The Morgan fingerprint density at radius 2 is 2.00 bits per heavy atom. The first-order valence-corrected chi connectivity index (χ1v) is 7.06. The lowest BCUT2D eigenvalue weighted by molar-refractivity contribution is 0.101. The molecule has 0 spiro atoms. The minimum atomic E-state index is -0.368. The number of carbonyl (C=O) groups excluding carboxylic acids is 1. The zero-order valence-electron chi connectivity index (χ0n) is 12.5. The van der Waals surface area contributed by atoms with E-state index in [-0.39, 0.29) is 18.2 Å². The van der Waals surface area contributed by atoms with Crippen LogP contribution in [0.15, 0.2) is 53.3 Å². The fourth-order valence-electron chi connectivity index (χ4n) is 2.12. The van der Waals surface area contributed by atoms with Crippen molar-refractivity contribution in [2.45, 2.75) is 13.5 Å². The van der Waals surface area contributed by atoms with Crippen molar-refractivity contribution >= 4 is 11.6 Å². The molecule has 2 heterocycles. The van der Waals surface area contributed by atoms with E-state index in [1.54, 1.807) is 36.7 Å². The molecular formula is C17H15N3O3. The van der Waals surface area contributed by atoms with Gasteiger partial charge in [-0.2, -0.15) is 0 Å². The van der Waals surface area contributed by atoms with Crippen LogP contribution in [0.25, 0.3) is 11.3 Å². The van der Waals surface area contributed by atoms with Crippen molar-refractivity contribution in [2.75, 3.05) is 5.32 Å². The Morgan fingerprint density at radius 3 is 2.74 bits per heavy atom. The molecule has 0 aliphatic carbocycles. The van der Waals surface area contributed by atoms with Crippen LogP contribution >= 0.6 is 0 Å². The quantitative estimate of drug-likeness (QED) is 0.773. The molecular weight excluding hydrogens is 294 g/mol. The van der Waals surface area contributed by atoms with Crippen molar-refractivity contribution in [3.05, 3.63) is 65.6 Å². The highest BCUT2D eigenvalue weighted by molar-refractivity contribution is 6.03. The van der Waals surface area contributed by atoms with Gasteiger partial charge < -0.3 is 14.9 Å². The number of hydrogen-bond donors (Lipinski definition) is 2. The summed E-state index contributed by atoms with van der Waals surface area (Å²) in [7, 11) is 0. The molecule has 2 aromatic heterocycles. The van der Waals surface area contributed by atoms with E-state index in [1.807, 2.05) is 19.1 Å². The number of rotatable bonds is 4. The number of aliphatic hydroxyl groups is 1. The summed E-state index contributed by atoms with van der Waals surface area (Å²) < 4.78 is 5.21. The minimum absolute atomic E-state index is 0.0840. The topological polar surface area (TPSA) is 88.2 Å². The number of benzene rings is 1. The molecule has 6 heteroatoms. The van der Waals surface area contributed by atoms with Crippen molar-refractivity contribution in [1.29, 1.82) is 0 Å². The largest absolute Gasteiger partial charge is 0.392 e. The number of aryl methyl sites for hydroxylation is 1. The van der Waals surface area contributed by atoms with Gasteiger partial charge in [-0.3, -0.25) is 9.78 Å². The number of nitrogens with one attached hydrogen (secondary N) is 1. The van der Waals surface area contributed by atoms with E-state index in [9.17, 15) is 9.90 Å². The molecule has 1 amide bonds. The highest BCUT2D eigenvalue weighted by Gasteiger charge is 2.15. The summed E-state index contributed by atoms with van der Waals surface area (Å²) in [5, 5.41) is 15.8. The van der Waals surface area contributed by atoms with E-state index < -0.39 is 0 Å². The highest BCUT2D eigenvalue weighted by atomic mass is 16.5. The lowest BCUT2D eigenvalue weighted by atomic mass is 10.1. The van der Waals surface area contributed by atoms with E-state index >= 15 is 0 Å². The standard InChI is InChI=1S/C17H15N3O3/c1-11-2-3-12(10-21)8-14(11)19-17(22)15-9-16(23-20-15)13-4-6-18-7-5-13/h2-9,21H,10H2,1H3,(H,19,22). The van der Waals surface area contributed by atoms with Gasteiger partial charge in [-0.15, -0.1) is 0 Å². The average molecular weight is 309 g/mol. The normalized spacial score (nSPS) is 10.5. The fraction of sp³-hybridized carbons (Fsp3) is 0.118. The third-order valence-corrected chi connectivity index (χ3v) is 3.44. The van der Waals surface area contributed by atoms with E-state index in [0.717, 1.165) is 16.7 Å². The molecule has 1 aromatic carbocycles. The van der Waals surface area contributed by atoms with Crippen molar-refractivity contribution < 1.29 is 14.4 Å². The van der Waals surface area contributed by atoms with E-state index in [1.165, 1.54) is 0 Å². The van der Waals surface area contributed by atoms with Crippen LogP contribution in [0.1, 0.15) is 21.6 Å². The number of amides is 1. The molecule has 0 aliphatic rings. The Kier molecular flexibility index (Phi) is 4.16. The van der Waals surface area contributed by atoms with Crippen molar-refractivity contribution in [3.8, 4) is 11.3 Å². The van der Waals surface area contributed by atoms with Crippen LogP contribution in [0.5, 0.6) is 0 Å². The second-order valence-electron chi connectivity index (χ2n) is 5.07. The summed E-state index contributed by atoms with van der Waals surface area (Å²) in [5.41, 5.74) is 3.24. The molecule has 0 saturated heterocycles. The van der Waals surface area contributed by atoms with Gasteiger partial charge in [0.15, 0.2) is 11.5 Å². The van der Waals surface area contributed by atoms with Gasteiger partial charge in [0.25, 0.3) is 5.91 Å². The van der Waals surface area contributed by atoms with Gasteiger partial charge in [0.1, 0.15) is 0 Å². The molecule has 3 aromatic rings. The second kappa shape index (κ2) is 6.41. The van der Waals surface area contributed by atoms with Crippen LogP contribution in [0.2, 0.25) is 0 Å². The molecule has 0 saturated carbocycles. The van der Waals surface area contributed by atoms with Gasteiger partial charge >= 0.3 is 0 Å². The smallest absolute Gasteiger partial charge is 0.277 e. The number of aliphatic hydroxyl groups excluding tert-OH is 1. The van der Waals surface area contributed by atoms with E-state index in [2.05, 4.69) is 15.5 Å². The maximum atomic E-state index is 12.3. The number of anilines is 1. The third kappa shape index (κ3) is 3.27. The second-order valence-corrected chi connectivity index (χ2v) is 5.07. The molecule has 0 radical (unpaired) electrons. The number of pyridine rings is 1. The monoisotopic (exact) mass is 309 g/mol. The van der Waals surface area contributed by atoms with E-state index in [0.29, 0.717) is 11.4 Å². The first kappa shape index (κ1) is 14.9. The van der Waals surface area contributed by atoms with Crippen molar-refractivity contribution in [2.24, 2.45) is 0 Å². The molecule has 6 nitrogen and oxygen atoms in total. The lowest BCUT2D eigenvalue weighted by Crippen LogP contribution is -2.13. The molecule has 0 fully saturated rings. The Balaban J connectivity index is 1.81. The van der Waals surface area contributed by atoms with Gasteiger partial charge in [0, 0.05) is 29.7 Å². The van der Waals surface area contributed by atoms with Gasteiger partial charge in [0.2, 0.25) is 0 Å². The number of carbonyl (C=O) groups is 1. The molecule has 0 atom stereocenters. The lowest BCUT2D eigenvalue weighted by Gasteiger charge is -2.08. The van der Waals surface area contributed by atoms with E-state index in [4.69, 9.17) is 4.52 Å². The first-order valence-electron chi connectivity index (χ1n) is 7.06. The third-order valence-electron chi connectivity index (χ3n) is 3.44. The number of aromatic nitrogens is 2. The molecule has 2 N–H and O–H groups in total. The van der Waals surface area contributed by atoms with Crippen molar-refractivity contribution in [1.82, 2.24) is 10.1 Å². The highest BCUT2D eigenvalue weighted by Crippen LogP contribution is 2.21. The zero-order valence-corrected chi connectivity index (χ0v) is 12.5. The fourth-order valence-corrected chi connectivity index (χ4v) is 2.12. The minimum Gasteiger partial charge on any atom is -0.392 e. The maximum Gasteiger partial charge on any atom is 0.277 e. The summed E-state index contributed by atoms with van der Waals surface area (Å²) >= 11 is 0. The van der Waals surface area contributed by atoms with Gasteiger partial charge in [-0.05, 0) is 36.2 Å². The predicted molar refractivity (Wildman–Crippen MR) is 84.8 cm³/mol. The Labute approximate surface area is 132 Å². The zero-order chi connectivity index (χ0) is 16.2. The molecule has 23 heavy (non-hydrogen) atoms. The van der Waals surface area contributed by atoms with Crippen LogP contribution in [0.4, 0.5) is 5.69 Å². The van der Waals surface area contributed by atoms with Crippen LogP contribution < -0.4 is 5.32 Å². The number of hydrogen-bond acceptors (Lipinski definition) is 5. The number of nitrogens with zero attached hydrogens (tertiary/aromatic N) is 2. The summed E-state index contributed by atoms with van der Waals surface area (Å²) in [4.78, 5) is 16.2. The predicted octanol–water partition coefficient (Wildman–Crippen LogP) is 2.79. The Morgan fingerprint density at radius 1 is 1.22 bits per heavy atom. The molecule has 0 aliphatic heterocycles. The van der Waals surface area contributed by atoms with Crippen LogP contribution in [-0.4, -0.2) is 21.2 Å².